The van der Waals surface area contributed by atoms with Crippen molar-refractivity contribution in [3.8, 4) is 11.1 Å². The number of aryl methyl sites for hydroxylation is 2. The van der Waals surface area contributed by atoms with Crippen molar-refractivity contribution in [1.29, 1.82) is 0 Å². The van der Waals surface area contributed by atoms with E-state index in [4.69, 9.17) is 23.2 Å². The molecular formula is C19H16Cl2N2O. The van der Waals surface area contributed by atoms with Crippen molar-refractivity contribution in [2.24, 2.45) is 0 Å². The molecule has 0 saturated carbocycles. The molecule has 4 rings (SSSR count). The second kappa shape index (κ2) is 5.83. The molecule has 1 aliphatic heterocycles. The fourth-order valence-electron chi connectivity index (χ4n) is 3.51. The summed E-state index contributed by atoms with van der Waals surface area (Å²) < 4.78 is 2.13. The summed E-state index contributed by atoms with van der Waals surface area (Å²) in [6, 6.07) is 11.6. The van der Waals surface area contributed by atoms with Crippen molar-refractivity contribution in [3.05, 3.63) is 57.7 Å². The second-order valence-electron chi connectivity index (χ2n) is 6.09. The first-order valence-corrected chi connectivity index (χ1v) is 8.68. The van der Waals surface area contributed by atoms with Crippen molar-refractivity contribution in [3.63, 3.8) is 0 Å². The molecule has 0 radical (unpaired) electrons. The van der Waals surface area contributed by atoms with Gasteiger partial charge in [-0.25, -0.2) is 0 Å². The number of aromatic nitrogens is 1. The molecule has 0 unspecified atom stereocenters. The lowest BCUT2D eigenvalue weighted by atomic mass is 10.0. The number of carbonyl (C=O) groups is 1. The highest BCUT2D eigenvalue weighted by molar-refractivity contribution is 6.32. The van der Waals surface area contributed by atoms with Gasteiger partial charge in [-0.15, -0.1) is 0 Å². The highest BCUT2D eigenvalue weighted by Crippen LogP contribution is 2.37. The highest BCUT2D eigenvalue weighted by Gasteiger charge is 2.24. The molecule has 0 spiro atoms. The van der Waals surface area contributed by atoms with Crippen LogP contribution in [0, 0.1) is 6.92 Å². The smallest absolute Gasteiger partial charge is 0.268 e. The Morgan fingerprint density at radius 3 is 2.58 bits per heavy atom. The van der Waals surface area contributed by atoms with Gasteiger partial charge in [0, 0.05) is 34.1 Å². The molecule has 0 fully saturated rings. The Labute approximate surface area is 150 Å². The van der Waals surface area contributed by atoms with E-state index in [0.717, 1.165) is 46.3 Å². The maximum Gasteiger partial charge on any atom is 0.268 e. The number of halogens is 2. The predicted molar refractivity (Wildman–Crippen MR) is 99.1 cm³/mol. The van der Waals surface area contributed by atoms with Crippen LogP contribution in [0.15, 0.2) is 36.4 Å². The van der Waals surface area contributed by atoms with Gasteiger partial charge in [-0.3, -0.25) is 4.79 Å². The zero-order chi connectivity index (χ0) is 16.8. The monoisotopic (exact) mass is 358 g/mol. The van der Waals surface area contributed by atoms with E-state index in [9.17, 15) is 4.79 Å². The minimum Gasteiger partial charge on any atom is -0.351 e. The van der Waals surface area contributed by atoms with Crippen LogP contribution in [-0.2, 0) is 6.54 Å². The molecule has 1 N–H and O–H groups in total. The third-order valence-electron chi connectivity index (χ3n) is 4.59. The van der Waals surface area contributed by atoms with E-state index in [1.54, 1.807) is 0 Å². The van der Waals surface area contributed by atoms with Gasteiger partial charge in [0.2, 0.25) is 0 Å². The minimum atomic E-state index is -0.0145. The quantitative estimate of drug-likeness (QED) is 0.648. The lowest BCUT2D eigenvalue weighted by Crippen LogP contribution is -2.23. The van der Waals surface area contributed by atoms with E-state index >= 15 is 0 Å². The van der Waals surface area contributed by atoms with E-state index in [1.807, 2.05) is 43.3 Å². The van der Waals surface area contributed by atoms with Crippen LogP contribution in [-0.4, -0.2) is 17.0 Å². The lowest BCUT2D eigenvalue weighted by Gasteiger charge is -2.11. The summed E-state index contributed by atoms with van der Waals surface area (Å²) in [5, 5.41) is 5.36. The number of rotatable bonds is 1. The third kappa shape index (κ3) is 2.40. The normalized spacial score (nSPS) is 14.4. The number of benzene rings is 2. The molecule has 0 aliphatic carbocycles. The van der Waals surface area contributed by atoms with Gasteiger partial charge in [0.25, 0.3) is 5.91 Å². The summed E-state index contributed by atoms with van der Waals surface area (Å²) in [5.41, 5.74) is 4.84. The molecule has 1 aromatic heterocycles. The Kier molecular flexibility index (Phi) is 3.78. The largest absolute Gasteiger partial charge is 0.351 e. The predicted octanol–water partition coefficient (Wildman–Crippen LogP) is 5.06. The third-order valence-corrected chi connectivity index (χ3v) is 5.06. The Hall–Kier alpha value is -1.97. The Morgan fingerprint density at radius 2 is 1.83 bits per heavy atom. The molecular weight excluding hydrogens is 343 g/mol. The number of amides is 1. The summed E-state index contributed by atoms with van der Waals surface area (Å²) in [5.74, 6) is -0.0145. The van der Waals surface area contributed by atoms with Crippen LogP contribution in [0.4, 0.5) is 0 Å². The van der Waals surface area contributed by atoms with Crippen molar-refractivity contribution in [1.82, 2.24) is 9.88 Å². The Morgan fingerprint density at radius 1 is 1.08 bits per heavy atom. The van der Waals surface area contributed by atoms with E-state index < -0.39 is 0 Å². The van der Waals surface area contributed by atoms with E-state index in [-0.39, 0.29) is 5.91 Å². The van der Waals surface area contributed by atoms with Gasteiger partial charge in [-0.2, -0.15) is 0 Å². The van der Waals surface area contributed by atoms with Crippen molar-refractivity contribution < 1.29 is 4.79 Å². The molecule has 2 heterocycles. The molecule has 3 aromatic rings. The van der Waals surface area contributed by atoms with Gasteiger partial charge in [0.05, 0.1) is 5.52 Å². The van der Waals surface area contributed by atoms with E-state index in [1.165, 1.54) is 0 Å². The molecule has 24 heavy (non-hydrogen) atoms. The number of hydrogen-bond acceptors (Lipinski definition) is 1. The maximum atomic E-state index is 12.5. The standard InChI is InChI=1S/C19H16Cl2N2O/c1-11-15-9-14(21)10-16(12-3-5-13(20)6-4-12)18(15)23-8-2-7-22-19(24)17(11)23/h3-6,9-10H,2,7-8H2,1H3,(H,22,24). The number of fused-ring (bicyclic) bond motifs is 3. The molecule has 0 atom stereocenters. The molecule has 2 aromatic carbocycles. The van der Waals surface area contributed by atoms with Crippen LogP contribution in [0.5, 0.6) is 0 Å². The van der Waals surface area contributed by atoms with Crippen molar-refractivity contribution >= 4 is 40.0 Å². The van der Waals surface area contributed by atoms with Crippen LogP contribution in [0.25, 0.3) is 22.0 Å². The summed E-state index contributed by atoms with van der Waals surface area (Å²) in [4.78, 5) is 12.5. The van der Waals surface area contributed by atoms with Crippen LogP contribution in [0.2, 0.25) is 10.0 Å². The minimum absolute atomic E-state index is 0.0145. The zero-order valence-electron chi connectivity index (χ0n) is 13.2. The zero-order valence-corrected chi connectivity index (χ0v) is 14.7. The summed E-state index contributed by atoms with van der Waals surface area (Å²) in [7, 11) is 0. The fraction of sp³-hybridized carbons (Fsp3) is 0.211. The average Bonchev–Trinajstić information content (AvgIpc) is 2.71. The first-order chi connectivity index (χ1) is 11.6. The summed E-state index contributed by atoms with van der Waals surface area (Å²) in [6.07, 6.45) is 0.907. The molecule has 0 bridgehead atoms. The molecule has 5 heteroatoms. The summed E-state index contributed by atoms with van der Waals surface area (Å²) >= 11 is 12.4. The van der Waals surface area contributed by atoms with Gasteiger partial charge in [0.1, 0.15) is 5.69 Å². The molecule has 3 nitrogen and oxygen atoms in total. The number of carbonyl (C=O) groups excluding carboxylic acids is 1. The van der Waals surface area contributed by atoms with Crippen LogP contribution in [0.3, 0.4) is 0 Å². The molecule has 1 aliphatic rings. The number of nitrogens with one attached hydrogen (secondary N) is 1. The molecule has 1 amide bonds. The fourth-order valence-corrected chi connectivity index (χ4v) is 3.85. The van der Waals surface area contributed by atoms with E-state index in [0.29, 0.717) is 16.6 Å². The lowest BCUT2D eigenvalue weighted by molar-refractivity contribution is 0.0951. The van der Waals surface area contributed by atoms with Gasteiger partial charge < -0.3 is 9.88 Å². The second-order valence-corrected chi connectivity index (χ2v) is 6.96. The number of hydrogen-bond donors (Lipinski definition) is 1. The van der Waals surface area contributed by atoms with Crippen LogP contribution < -0.4 is 5.32 Å². The van der Waals surface area contributed by atoms with Gasteiger partial charge in [0.15, 0.2) is 0 Å². The molecule has 0 saturated heterocycles. The van der Waals surface area contributed by atoms with Crippen molar-refractivity contribution in [2.75, 3.05) is 6.54 Å². The van der Waals surface area contributed by atoms with Gasteiger partial charge in [-0.05, 0) is 48.7 Å². The van der Waals surface area contributed by atoms with E-state index in [2.05, 4.69) is 9.88 Å². The van der Waals surface area contributed by atoms with Crippen LogP contribution >= 0.6 is 23.2 Å². The Balaban J connectivity index is 2.09. The SMILES string of the molecule is Cc1c2n(c3c(-c4ccc(Cl)cc4)cc(Cl)cc13)CCCNC2=O. The summed E-state index contributed by atoms with van der Waals surface area (Å²) in [6.45, 7) is 3.49. The number of nitrogens with zero attached hydrogens (tertiary/aromatic N) is 1. The van der Waals surface area contributed by atoms with Crippen molar-refractivity contribution in [2.45, 2.75) is 19.9 Å². The topological polar surface area (TPSA) is 34.0 Å². The average molecular weight is 359 g/mol. The maximum absolute atomic E-state index is 12.5. The highest BCUT2D eigenvalue weighted by atomic mass is 35.5. The first kappa shape index (κ1) is 15.6. The molecule has 122 valence electrons. The Bertz CT molecular complexity index is 958. The van der Waals surface area contributed by atoms with Crippen LogP contribution in [0.1, 0.15) is 22.5 Å². The van der Waals surface area contributed by atoms with Gasteiger partial charge in [-0.1, -0.05) is 35.3 Å². The van der Waals surface area contributed by atoms with Gasteiger partial charge >= 0.3 is 0 Å². The first-order valence-electron chi connectivity index (χ1n) is 7.93.